The van der Waals surface area contributed by atoms with E-state index in [2.05, 4.69) is 15.5 Å². The van der Waals surface area contributed by atoms with Gasteiger partial charge in [-0.15, -0.1) is 10.2 Å². The molecule has 0 spiro atoms. The van der Waals surface area contributed by atoms with Crippen molar-refractivity contribution >= 4 is 11.5 Å². The molecule has 6 nitrogen and oxygen atoms in total. The number of nitrogens with one attached hydrogen (secondary N) is 1. The number of hydrogen-bond donors (Lipinski definition) is 3. The quantitative estimate of drug-likeness (QED) is 0.639. The third-order valence-corrected chi connectivity index (χ3v) is 5.82. The molecule has 0 radical (unpaired) electrons. The summed E-state index contributed by atoms with van der Waals surface area (Å²) in [6, 6.07) is 6.95. The maximum atomic E-state index is 14.9. The summed E-state index contributed by atoms with van der Waals surface area (Å²) in [5, 5.41) is 32.3. The molecule has 2 aromatic heterocycles. The van der Waals surface area contributed by atoms with E-state index < -0.39 is 5.82 Å². The number of aliphatic hydroxyl groups is 1. The van der Waals surface area contributed by atoms with E-state index in [1.54, 1.807) is 6.07 Å². The fourth-order valence-electron chi connectivity index (χ4n) is 4.21. The Hall–Kier alpha value is -2.67. The Balaban J connectivity index is 1.53. The monoisotopic (exact) mass is 382 g/mol. The zero-order valence-corrected chi connectivity index (χ0v) is 15.5. The van der Waals surface area contributed by atoms with E-state index in [0.717, 1.165) is 37.7 Å². The van der Waals surface area contributed by atoms with E-state index in [9.17, 15) is 14.6 Å². The molecule has 0 aliphatic heterocycles. The second-order valence-corrected chi connectivity index (χ2v) is 7.97. The Morgan fingerprint density at radius 3 is 2.75 bits per heavy atom. The van der Waals surface area contributed by atoms with Gasteiger partial charge in [0, 0.05) is 12.2 Å². The minimum absolute atomic E-state index is 0.0836. The van der Waals surface area contributed by atoms with Crippen molar-refractivity contribution in [2.75, 3.05) is 5.32 Å². The minimum Gasteiger partial charge on any atom is -0.507 e. The number of fused-ring (bicyclic) bond motifs is 1. The van der Waals surface area contributed by atoms with Crippen molar-refractivity contribution in [2.45, 2.75) is 56.6 Å². The average Bonchev–Trinajstić information content (AvgIpc) is 3.39. The van der Waals surface area contributed by atoms with E-state index in [1.807, 2.05) is 22.7 Å². The van der Waals surface area contributed by atoms with Gasteiger partial charge in [0.25, 0.3) is 0 Å². The summed E-state index contributed by atoms with van der Waals surface area (Å²) in [6.45, 7) is 0. The molecule has 28 heavy (non-hydrogen) atoms. The van der Waals surface area contributed by atoms with Crippen LogP contribution in [0.3, 0.4) is 0 Å². The first kappa shape index (κ1) is 17.4. The first-order valence-electron chi connectivity index (χ1n) is 9.91. The number of benzene rings is 1. The van der Waals surface area contributed by atoms with E-state index >= 15 is 0 Å². The lowest BCUT2D eigenvalue weighted by Crippen LogP contribution is -2.31. The molecule has 0 saturated heterocycles. The van der Waals surface area contributed by atoms with Crippen LogP contribution < -0.4 is 5.32 Å². The van der Waals surface area contributed by atoms with Crippen molar-refractivity contribution in [1.29, 1.82) is 0 Å². The highest BCUT2D eigenvalue weighted by Gasteiger charge is 2.27. The number of nitrogens with zero attached hydrogens (tertiary/aromatic N) is 3. The number of phenolic OH excluding ortho intramolecular Hbond substituents is 1. The molecule has 2 atom stereocenters. The molecule has 0 amide bonds. The highest BCUT2D eigenvalue weighted by Crippen LogP contribution is 2.44. The Bertz CT molecular complexity index is 1010. The summed E-state index contributed by atoms with van der Waals surface area (Å²) in [5.74, 6) is 0.328. The average molecular weight is 382 g/mol. The second kappa shape index (κ2) is 6.74. The summed E-state index contributed by atoms with van der Waals surface area (Å²) in [7, 11) is 0. The van der Waals surface area contributed by atoms with Crippen LogP contribution in [0.15, 0.2) is 30.5 Å². The fraction of sp³-hybridized carbons (Fsp3) is 0.429. The van der Waals surface area contributed by atoms with Gasteiger partial charge in [0.1, 0.15) is 17.3 Å². The normalized spacial score (nSPS) is 22.5. The van der Waals surface area contributed by atoms with Crippen LogP contribution in [0.4, 0.5) is 10.3 Å². The van der Waals surface area contributed by atoms with Gasteiger partial charge < -0.3 is 15.5 Å². The van der Waals surface area contributed by atoms with Crippen LogP contribution in [0.1, 0.15) is 50.0 Å². The van der Waals surface area contributed by atoms with Crippen LogP contribution in [0.25, 0.3) is 16.8 Å². The molecule has 7 heteroatoms. The molecular weight excluding hydrogens is 359 g/mol. The Morgan fingerprint density at radius 1 is 1.14 bits per heavy atom. The molecule has 0 unspecified atom stereocenters. The lowest BCUT2D eigenvalue weighted by Gasteiger charge is -2.27. The summed E-state index contributed by atoms with van der Waals surface area (Å²) in [4.78, 5) is 0. The van der Waals surface area contributed by atoms with Gasteiger partial charge in [-0.25, -0.2) is 4.39 Å². The van der Waals surface area contributed by atoms with Gasteiger partial charge in [0.05, 0.1) is 17.2 Å². The number of aliphatic hydroxyl groups excluding tert-OH is 1. The molecule has 2 fully saturated rings. The Morgan fingerprint density at radius 2 is 2.00 bits per heavy atom. The summed E-state index contributed by atoms with van der Waals surface area (Å²) in [6.07, 6.45) is 7.04. The summed E-state index contributed by atoms with van der Waals surface area (Å²) >= 11 is 0. The number of anilines is 1. The van der Waals surface area contributed by atoms with E-state index in [0.29, 0.717) is 29.5 Å². The van der Waals surface area contributed by atoms with Crippen LogP contribution in [0.2, 0.25) is 0 Å². The van der Waals surface area contributed by atoms with Crippen LogP contribution in [0, 0.1) is 5.82 Å². The van der Waals surface area contributed by atoms with Crippen LogP contribution >= 0.6 is 0 Å². The summed E-state index contributed by atoms with van der Waals surface area (Å²) in [5.41, 5.74) is 1.91. The van der Waals surface area contributed by atoms with Gasteiger partial charge in [0.2, 0.25) is 5.95 Å². The van der Waals surface area contributed by atoms with Gasteiger partial charge in [-0.05, 0) is 74.3 Å². The van der Waals surface area contributed by atoms with Crippen molar-refractivity contribution in [3.63, 3.8) is 0 Å². The van der Waals surface area contributed by atoms with E-state index in [1.165, 1.54) is 6.07 Å². The van der Waals surface area contributed by atoms with E-state index in [-0.39, 0.29) is 23.5 Å². The van der Waals surface area contributed by atoms with Crippen molar-refractivity contribution in [2.24, 2.45) is 0 Å². The van der Waals surface area contributed by atoms with Crippen LogP contribution in [-0.4, -0.2) is 37.0 Å². The molecule has 3 aromatic rings. The lowest BCUT2D eigenvalue weighted by molar-refractivity contribution is 0.124. The number of hydrogen-bond acceptors (Lipinski definition) is 5. The standard InChI is InChI=1S/C21H23FN4O2/c22-16-9-13(12-6-7-12)10-18(28)19(16)20-17-5-2-8-26(17)21(25-24-20)23-14-3-1-4-15(27)11-14/h2,5,8-10,12,14-15,27-28H,1,3-4,6-7,11H2,(H,23,25)/t14-,15+/m1/s1. The van der Waals surface area contributed by atoms with Gasteiger partial charge in [-0.1, -0.05) is 0 Å². The highest BCUT2D eigenvalue weighted by atomic mass is 19.1. The van der Waals surface area contributed by atoms with Gasteiger partial charge in [0.15, 0.2) is 0 Å². The number of halogens is 1. The van der Waals surface area contributed by atoms with Crippen molar-refractivity contribution < 1.29 is 14.6 Å². The third kappa shape index (κ3) is 3.09. The largest absolute Gasteiger partial charge is 0.507 e. The summed E-state index contributed by atoms with van der Waals surface area (Å²) < 4.78 is 16.7. The fourth-order valence-corrected chi connectivity index (χ4v) is 4.21. The number of aromatic hydroxyl groups is 1. The van der Waals surface area contributed by atoms with Gasteiger partial charge in [-0.3, -0.25) is 4.40 Å². The molecule has 2 heterocycles. The molecule has 2 saturated carbocycles. The first-order chi connectivity index (χ1) is 13.6. The number of phenols is 1. The molecule has 0 bridgehead atoms. The maximum absolute atomic E-state index is 14.9. The molecule has 5 rings (SSSR count). The van der Waals surface area contributed by atoms with Crippen molar-refractivity contribution in [1.82, 2.24) is 14.6 Å². The zero-order valence-electron chi connectivity index (χ0n) is 15.5. The lowest BCUT2D eigenvalue weighted by atomic mass is 9.93. The Labute approximate surface area is 162 Å². The molecule has 2 aliphatic rings. The molecule has 146 valence electrons. The van der Waals surface area contributed by atoms with Gasteiger partial charge in [-0.2, -0.15) is 0 Å². The second-order valence-electron chi connectivity index (χ2n) is 7.97. The van der Waals surface area contributed by atoms with E-state index in [4.69, 9.17) is 0 Å². The third-order valence-electron chi connectivity index (χ3n) is 5.82. The SMILES string of the molecule is Oc1cc(C2CC2)cc(F)c1-c1nnc(N[C@@H]2CCC[C@H](O)C2)n2cccc12. The van der Waals surface area contributed by atoms with Crippen molar-refractivity contribution in [3.05, 3.63) is 41.8 Å². The van der Waals surface area contributed by atoms with Gasteiger partial charge >= 0.3 is 0 Å². The minimum atomic E-state index is -0.476. The highest BCUT2D eigenvalue weighted by molar-refractivity contribution is 5.81. The number of rotatable bonds is 4. The first-order valence-corrected chi connectivity index (χ1v) is 9.91. The number of aromatic nitrogens is 3. The van der Waals surface area contributed by atoms with Crippen LogP contribution in [-0.2, 0) is 0 Å². The topological polar surface area (TPSA) is 82.7 Å². The Kier molecular flexibility index (Phi) is 4.19. The molecule has 1 aromatic carbocycles. The predicted molar refractivity (Wildman–Crippen MR) is 104 cm³/mol. The molecular formula is C21H23FN4O2. The van der Waals surface area contributed by atoms with Crippen molar-refractivity contribution in [3.8, 4) is 17.0 Å². The maximum Gasteiger partial charge on any atom is 0.228 e. The zero-order chi connectivity index (χ0) is 19.3. The molecule has 3 N–H and O–H groups in total. The van der Waals surface area contributed by atoms with Crippen LogP contribution in [0.5, 0.6) is 5.75 Å². The predicted octanol–water partition coefficient (Wildman–Crippen LogP) is 3.83. The molecule has 2 aliphatic carbocycles. The smallest absolute Gasteiger partial charge is 0.228 e.